The van der Waals surface area contributed by atoms with Crippen LogP contribution in [0.4, 0.5) is 10.1 Å². The Balaban J connectivity index is 1.71. The van der Waals surface area contributed by atoms with Crippen LogP contribution in [-0.4, -0.2) is 69.6 Å². The molecular formula is C16H19FN6O3S. The SMILES string of the molecule is COC(=S)NCc1cn(-c2ccc(N3CCN(CO)C(=O)C3)c(F)c2)nn1. The molecule has 0 saturated carbocycles. The molecule has 11 heteroatoms. The molecule has 0 unspecified atom stereocenters. The summed E-state index contributed by atoms with van der Waals surface area (Å²) in [5.74, 6) is -0.705. The Kier molecular flexibility index (Phi) is 5.81. The van der Waals surface area contributed by atoms with Crippen LogP contribution in [0.25, 0.3) is 5.69 Å². The van der Waals surface area contributed by atoms with Crippen LogP contribution in [0.5, 0.6) is 0 Å². The fourth-order valence-corrected chi connectivity index (χ4v) is 2.77. The number of rotatable bonds is 5. The Bertz CT molecular complexity index is 845. The van der Waals surface area contributed by atoms with Gasteiger partial charge in [-0.2, -0.15) is 0 Å². The summed E-state index contributed by atoms with van der Waals surface area (Å²) in [5, 5.41) is 20.2. The number of hydrogen-bond acceptors (Lipinski definition) is 7. The molecule has 0 atom stereocenters. The van der Waals surface area contributed by atoms with Crippen LogP contribution < -0.4 is 10.2 Å². The van der Waals surface area contributed by atoms with Crippen molar-refractivity contribution in [1.29, 1.82) is 0 Å². The number of aliphatic hydroxyl groups is 1. The first-order valence-electron chi connectivity index (χ1n) is 8.18. The van der Waals surface area contributed by atoms with Crippen molar-refractivity contribution in [3.63, 3.8) is 0 Å². The van der Waals surface area contributed by atoms with Gasteiger partial charge in [0, 0.05) is 19.2 Å². The van der Waals surface area contributed by atoms with Crippen molar-refractivity contribution in [3.8, 4) is 5.69 Å². The van der Waals surface area contributed by atoms with Crippen LogP contribution in [0.2, 0.25) is 0 Å². The number of benzene rings is 1. The van der Waals surface area contributed by atoms with Gasteiger partial charge in [0.1, 0.15) is 18.2 Å². The third-order valence-electron chi connectivity index (χ3n) is 4.17. The number of ether oxygens (including phenoxy) is 1. The standard InChI is InChI=1S/C16H19FN6O3S/c1-26-16(27)18-7-11-8-23(20-19-11)12-2-3-14(13(17)6-12)21-4-5-22(10-24)15(25)9-21/h2-3,6,8,24H,4-5,7,9-10H2,1H3,(H,18,27). The van der Waals surface area contributed by atoms with E-state index >= 15 is 0 Å². The number of thiocarbonyl (C=S) groups is 1. The Morgan fingerprint density at radius 2 is 2.26 bits per heavy atom. The minimum absolute atomic E-state index is 0.0232. The van der Waals surface area contributed by atoms with Gasteiger partial charge in [-0.1, -0.05) is 5.21 Å². The number of carbonyl (C=O) groups is 1. The number of amides is 1. The van der Waals surface area contributed by atoms with Gasteiger partial charge >= 0.3 is 0 Å². The van der Waals surface area contributed by atoms with E-state index in [1.54, 1.807) is 23.2 Å². The van der Waals surface area contributed by atoms with E-state index in [1.165, 1.54) is 22.8 Å². The molecule has 1 aromatic carbocycles. The van der Waals surface area contributed by atoms with Crippen molar-refractivity contribution >= 4 is 29.0 Å². The van der Waals surface area contributed by atoms with Gasteiger partial charge < -0.3 is 25.0 Å². The maximum atomic E-state index is 14.6. The van der Waals surface area contributed by atoms with Crippen molar-refractivity contribution in [1.82, 2.24) is 25.2 Å². The monoisotopic (exact) mass is 394 g/mol. The molecule has 1 amide bonds. The van der Waals surface area contributed by atoms with E-state index in [0.29, 0.717) is 36.7 Å². The highest BCUT2D eigenvalue weighted by Crippen LogP contribution is 2.23. The number of methoxy groups -OCH3 is 1. The fraction of sp³-hybridized carbons (Fsp3) is 0.375. The molecule has 1 saturated heterocycles. The summed E-state index contributed by atoms with van der Waals surface area (Å²) >= 11 is 4.89. The molecule has 0 bridgehead atoms. The van der Waals surface area contributed by atoms with Gasteiger partial charge in [0.05, 0.1) is 37.8 Å². The van der Waals surface area contributed by atoms with Crippen LogP contribution in [0, 0.1) is 5.82 Å². The van der Waals surface area contributed by atoms with Crippen LogP contribution in [0.15, 0.2) is 24.4 Å². The Morgan fingerprint density at radius 3 is 2.93 bits per heavy atom. The molecule has 3 rings (SSSR count). The van der Waals surface area contributed by atoms with E-state index in [2.05, 4.69) is 15.6 Å². The lowest BCUT2D eigenvalue weighted by Crippen LogP contribution is -2.50. The van der Waals surface area contributed by atoms with Gasteiger partial charge in [0.2, 0.25) is 5.91 Å². The molecule has 1 aliphatic heterocycles. The average molecular weight is 394 g/mol. The number of carbonyl (C=O) groups excluding carboxylic acids is 1. The summed E-state index contributed by atoms with van der Waals surface area (Å²) in [5.41, 5.74) is 1.45. The lowest BCUT2D eigenvalue weighted by atomic mass is 10.2. The second kappa shape index (κ2) is 8.27. The van der Waals surface area contributed by atoms with Crippen molar-refractivity contribution in [2.75, 3.05) is 38.4 Å². The fourth-order valence-electron chi connectivity index (χ4n) is 2.70. The van der Waals surface area contributed by atoms with Gasteiger partial charge in [0.25, 0.3) is 5.17 Å². The number of nitrogens with zero attached hydrogens (tertiary/aromatic N) is 5. The van der Waals surface area contributed by atoms with E-state index in [-0.39, 0.29) is 24.4 Å². The molecule has 9 nitrogen and oxygen atoms in total. The predicted octanol–water partition coefficient (Wildman–Crippen LogP) is 0.0257. The second-order valence-electron chi connectivity index (χ2n) is 5.86. The highest BCUT2D eigenvalue weighted by Gasteiger charge is 2.25. The Hall–Kier alpha value is -2.79. The molecule has 2 N–H and O–H groups in total. The average Bonchev–Trinajstić information content (AvgIpc) is 3.15. The summed E-state index contributed by atoms with van der Waals surface area (Å²) < 4.78 is 20.9. The first-order valence-corrected chi connectivity index (χ1v) is 8.59. The molecule has 144 valence electrons. The Morgan fingerprint density at radius 1 is 1.44 bits per heavy atom. The summed E-state index contributed by atoms with van der Waals surface area (Å²) in [6.07, 6.45) is 1.66. The van der Waals surface area contributed by atoms with Gasteiger partial charge in [-0.05, 0) is 24.4 Å². The lowest BCUT2D eigenvalue weighted by Gasteiger charge is -2.34. The molecule has 27 heavy (non-hydrogen) atoms. The molecule has 2 aromatic rings. The van der Waals surface area contributed by atoms with Gasteiger partial charge in [-0.15, -0.1) is 5.10 Å². The molecular weight excluding hydrogens is 375 g/mol. The van der Waals surface area contributed by atoms with Crippen molar-refractivity contribution < 1.29 is 19.0 Å². The topological polar surface area (TPSA) is 95.8 Å². The van der Waals surface area contributed by atoms with E-state index in [1.807, 2.05) is 0 Å². The maximum Gasteiger partial charge on any atom is 0.256 e. The number of halogens is 1. The van der Waals surface area contributed by atoms with Crippen LogP contribution in [-0.2, 0) is 16.1 Å². The number of anilines is 1. The number of aromatic nitrogens is 3. The zero-order valence-corrected chi connectivity index (χ0v) is 15.4. The molecule has 2 heterocycles. The van der Waals surface area contributed by atoms with Crippen molar-refractivity contribution in [2.45, 2.75) is 6.54 Å². The van der Waals surface area contributed by atoms with E-state index in [9.17, 15) is 9.18 Å². The minimum Gasteiger partial charge on any atom is -0.474 e. The molecule has 1 fully saturated rings. The van der Waals surface area contributed by atoms with Crippen molar-refractivity contribution in [2.24, 2.45) is 0 Å². The summed E-state index contributed by atoms with van der Waals surface area (Å²) in [4.78, 5) is 14.9. The first-order chi connectivity index (χ1) is 13.0. The Labute approximate surface area is 160 Å². The number of aliphatic hydroxyl groups excluding tert-OH is 1. The smallest absolute Gasteiger partial charge is 0.256 e. The van der Waals surface area contributed by atoms with Crippen LogP contribution in [0.1, 0.15) is 5.69 Å². The quantitative estimate of drug-likeness (QED) is 0.686. The van der Waals surface area contributed by atoms with E-state index in [4.69, 9.17) is 22.1 Å². The van der Waals surface area contributed by atoms with Gasteiger partial charge in [-0.25, -0.2) is 9.07 Å². The zero-order chi connectivity index (χ0) is 19.4. The molecule has 1 aliphatic rings. The van der Waals surface area contributed by atoms with Gasteiger partial charge in [0.15, 0.2) is 0 Å². The summed E-state index contributed by atoms with van der Waals surface area (Å²) in [7, 11) is 1.47. The molecule has 1 aromatic heterocycles. The normalized spacial score (nSPS) is 14.4. The number of piperazine rings is 1. The van der Waals surface area contributed by atoms with Crippen LogP contribution in [0.3, 0.4) is 0 Å². The predicted molar refractivity (Wildman–Crippen MR) is 98.8 cm³/mol. The highest BCUT2D eigenvalue weighted by molar-refractivity contribution is 7.80. The largest absolute Gasteiger partial charge is 0.474 e. The molecule has 0 radical (unpaired) electrons. The summed E-state index contributed by atoms with van der Waals surface area (Å²) in [6.45, 7) is 0.826. The van der Waals surface area contributed by atoms with E-state index in [0.717, 1.165) is 0 Å². The number of hydrogen-bond donors (Lipinski definition) is 2. The lowest BCUT2D eigenvalue weighted by molar-refractivity contribution is -0.134. The maximum absolute atomic E-state index is 14.6. The minimum atomic E-state index is -0.464. The summed E-state index contributed by atoms with van der Waals surface area (Å²) in [6, 6.07) is 4.64. The third-order valence-corrected chi connectivity index (χ3v) is 4.48. The third kappa shape index (κ3) is 4.31. The van der Waals surface area contributed by atoms with Gasteiger partial charge in [-0.3, -0.25) is 4.79 Å². The van der Waals surface area contributed by atoms with E-state index < -0.39 is 5.82 Å². The first kappa shape index (κ1) is 19.0. The highest BCUT2D eigenvalue weighted by atomic mass is 32.1. The molecule has 0 aliphatic carbocycles. The van der Waals surface area contributed by atoms with Crippen LogP contribution >= 0.6 is 12.2 Å². The number of nitrogens with one attached hydrogen (secondary N) is 1. The second-order valence-corrected chi connectivity index (χ2v) is 6.23. The molecule has 0 spiro atoms. The van der Waals surface area contributed by atoms with Crippen molar-refractivity contribution in [3.05, 3.63) is 35.9 Å². The zero-order valence-electron chi connectivity index (χ0n) is 14.6.